The van der Waals surface area contributed by atoms with Crippen molar-refractivity contribution in [2.45, 2.75) is 26.3 Å². The molecule has 1 saturated heterocycles. The Morgan fingerprint density at radius 2 is 2.19 bits per heavy atom. The van der Waals surface area contributed by atoms with Crippen LogP contribution in [-0.4, -0.2) is 36.1 Å². The minimum Gasteiger partial charge on any atom is -0.489 e. The van der Waals surface area contributed by atoms with Gasteiger partial charge in [0, 0.05) is 12.1 Å². The van der Waals surface area contributed by atoms with Crippen molar-refractivity contribution in [2.75, 3.05) is 19.7 Å². The van der Waals surface area contributed by atoms with Gasteiger partial charge in [-0.2, -0.15) is 0 Å². The van der Waals surface area contributed by atoms with E-state index in [-0.39, 0.29) is 17.4 Å². The van der Waals surface area contributed by atoms with Crippen molar-refractivity contribution in [3.63, 3.8) is 0 Å². The average Bonchev–Trinajstić information content (AvgIpc) is 2.92. The van der Waals surface area contributed by atoms with Gasteiger partial charge in [0.25, 0.3) is 0 Å². The average molecular weight is 289 g/mol. The summed E-state index contributed by atoms with van der Waals surface area (Å²) in [7, 11) is 0. The number of fused-ring (bicyclic) bond motifs is 1. The van der Waals surface area contributed by atoms with Crippen molar-refractivity contribution in [1.82, 2.24) is 15.6 Å². The molecule has 2 fully saturated rings. The summed E-state index contributed by atoms with van der Waals surface area (Å²) in [4.78, 5) is 16.4. The van der Waals surface area contributed by atoms with Gasteiger partial charge in [0.2, 0.25) is 5.91 Å². The fourth-order valence-corrected chi connectivity index (χ4v) is 3.12. The maximum atomic E-state index is 12.3. The van der Waals surface area contributed by atoms with Crippen LogP contribution >= 0.6 is 0 Å². The predicted molar refractivity (Wildman–Crippen MR) is 80.0 cm³/mol. The molecule has 3 atom stereocenters. The molecule has 114 valence electrons. The van der Waals surface area contributed by atoms with Gasteiger partial charge < -0.3 is 15.4 Å². The van der Waals surface area contributed by atoms with Gasteiger partial charge >= 0.3 is 0 Å². The Hall–Kier alpha value is -1.62. The van der Waals surface area contributed by atoms with Gasteiger partial charge in [-0.05, 0) is 57.3 Å². The minimum absolute atomic E-state index is 0.169. The highest BCUT2D eigenvalue weighted by Gasteiger charge is 2.57. The van der Waals surface area contributed by atoms with Crippen molar-refractivity contribution in [2.24, 2.45) is 17.8 Å². The van der Waals surface area contributed by atoms with Crippen LogP contribution in [0, 0.1) is 24.7 Å². The van der Waals surface area contributed by atoms with Gasteiger partial charge in [-0.1, -0.05) is 0 Å². The van der Waals surface area contributed by atoms with E-state index in [1.165, 1.54) is 0 Å². The van der Waals surface area contributed by atoms with E-state index in [2.05, 4.69) is 15.6 Å². The lowest BCUT2D eigenvalue weighted by atomic mass is 10.1. The van der Waals surface area contributed by atoms with E-state index in [4.69, 9.17) is 4.74 Å². The molecule has 1 aromatic rings. The van der Waals surface area contributed by atoms with Gasteiger partial charge in [0.15, 0.2) is 0 Å². The van der Waals surface area contributed by atoms with Crippen LogP contribution in [0.5, 0.6) is 5.75 Å². The summed E-state index contributed by atoms with van der Waals surface area (Å²) in [6.45, 7) is 8.37. The molecular formula is C16H23N3O2. The summed E-state index contributed by atoms with van der Waals surface area (Å²) in [6, 6.07) is 1.92. The Bertz CT molecular complexity index is 534. The molecule has 3 rings (SSSR count). The summed E-state index contributed by atoms with van der Waals surface area (Å²) < 4.78 is 5.81. The van der Waals surface area contributed by atoms with E-state index in [0.717, 1.165) is 24.4 Å². The van der Waals surface area contributed by atoms with Crippen molar-refractivity contribution in [3.8, 4) is 5.75 Å². The van der Waals surface area contributed by atoms with E-state index < -0.39 is 0 Å². The number of rotatable bonds is 5. The van der Waals surface area contributed by atoms with Crippen LogP contribution < -0.4 is 15.4 Å². The van der Waals surface area contributed by atoms with E-state index in [1.807, 2.05) is 26.8 Å². The number of amides is 1. The largest absolute Gasteiger partial charge is 0.489 e. The second kappa shape index (κ2) is 5.30. The number of aryl methyl sites for hydroxylation is 1. The number of carbonyl (C=O) groups excluding carboxylic acids is 1. The lowest BCUT2D eigenvalue weighted by Gasteiger charge is -2.27. The monoisotopic (exact) mass is 289 g/mol. The lowest BCUT2D eigenvalue weighted by molar-refractivity contribution is -0.125. The third-order valence-corrected chi connectivity index (χ3v) is 4.44. The molecule has 1 aromatic heterocycles. The van der Waals surface area contributed by atoms with E-state index in [1.54, 1.807) is 12.4 Å². The molecule has 0 aromatic carbocycles. The molecule has 0 bridgehead atoms. The summed E-state index contributed by atoms with van der Waals surface area (Å²) in [5, 5.41) is 6.44. The Morgan fingerprint density at radius 1 is 1.48 bits per heavy atom. The van der Waals surface area contributed by atoms with E-state index in [9.17, 15) is 4.79 Å². The van der Waals surface area contributed by atoms with Crippen LogP contribution in [0.4, 0.5) is 0 Å². The third-order valence-electron chi connectivity index (χ3n) is 4.44. The maximum absolute atomic E-state index is 12.3. The smallest absolute Gasteiger partial charge is 0.224 e. The van der Waals surface area contributed by atoms with Crippen molar-refractivity contribution in [1.29, 1.82) is 0 Å². The number of piperidine rings is 1. The highest BCUT2D eigenvalue weighted by molar-refractivity contribution is 5.83. The van der Waals surface area contributed by atoms with Crippen LogP contribution in [0.3, 0.4) is 0 Å². The van der Waals surface area contributed by atoms with Gasteiger partial charge in [-0.15, -0.1) is 0 Å². The second-order valence-corrected chi connectivity index (χ2v) is 6.81. The van der Waals surface area contributed by atoms with Crippen LogP contribution in [-0.2, 0) is 4.79 Å². The fourth-order valence-electron chi connectivity index (χ4n) is 3.12. The second-order valence-electron chi connectivity index (χ2n) is 6.81. The highest BCUT2D eigenvalue weighted by Crippen LogP contribution is 2.48. The van der Waals surface area contributed by atoms with E-state index >= 15 is 0 Å². The normalized spacial score (nSPS) is 27.1. The fraction of sp³-hybridized carbons (Fsp3) is 0.625. The van der Waals surface area contributed by atoms with Gasteiger partial charge in [0.05, 0.1) is 11.7 Å². The highest BCUT2D eigenvalue weighted by atomic mass is 16.5. The molecule has 2 heterocycles. The van der Waals surface area contributed by atoms with E-state index in [0.29, 0.717) is 18.4 Å². The van der Waals surface area contributed by atoms with Crippen molar-refractivity contribution < 1.29 is 9.53 Å². The number of nitrogens with zero attached hydrogens (tertiary/aromatic N) is 1. The van der Waals surface area contributed by atoms with Gasteiger partial charge in [-0.3, -0.25) is 9.78 Å². The standard InChI is InChI=1S/C16H23N3O2/c1-10-4-5-17-8-13(10)21-9-16(2,3)19-15(20)14-11-6-18-7-12(11)14/h4-5,8,11-12,14,18H,6-7,9H2,1-3H3,(H,19,20)/t11-,12+,14+. The number of nitrogens with one attached hydrogen (secondary N) is 2. The molecule has 0 radical (unpaired) electrons. The van der Waals surface area contributed by atoms with Crippen LogP contribution in [0.15, 0.2) is 18.5 Å². The molecule has 1 saturated carbocycles. The summed E-state index contributed by atoms with van der Waals surface area (Å²) in [6.07, 6.45) is 3.46. The molecule has 1 aliphatic carbocycles. The molecule has 0 unspecified atom stereocenters. The lowest BCUT2D eigenvalue weighted by Crippen LogP contribution is -2.49. The Morgan fingerprint density at radius 3 is 2.86 bits per heavy atom. The zero-order valence-corrected chi connectivity index (χ0v) is 12.8. The summed E-state index contributed by atoms with van der Waals surface area (Å²) >= 11 is 0. The first-order valence-electron chi connectivity index (χ1n) is 7.54. The first-order valence-corrected chi connectivity index (χ1v) is 7.54. The zero-order chi connectivity index (χ0) is 15.0. The van der Waals surface area contributed by atoms with Crippen molar-refractivity contribution >= 4 is 5.91 Å². The Balaban J connectivity index is 1.52. The number of aromatic nitrogens is 1. The Kier molecular flexibility index (Phi) is 3.61. The number of ether oxygens (including phenoxy) is 1. The van der Waals surface area contributed by atoms with Gasteiger partial charge in [0.1, 0.15) is 12.4 Å². The SMILES string of the molecule is Cc1ccncc1OCC(C)(C)NC(=O)[C@H]1[C@@H]2CNC[C@@H]21. The molecule has 5 nitrogen and oxygen atoms in total. The Labute approximate surface area is 125 Å². The number of hydrogen-bond acceptors (Lipinski definition) is 4. The third kappa shape index (κ3) is 3.02. The molecule has 1 amide bonds. The number of carbonyl (C=O) groups is 1. The first-order chi connectivity index (χ1) is 9.98. The van der Waals surface area contributed by atoms with Crippen LogP contribution in [0.25, 0.3) is 0 Å². The summed E-state index contributed by atoms with van der Waals surface area (Å²) in [5.74, 6) is 2.23. The molecular weight excluding hydrogens is 266 g/mol. The molecule has 2 N–H and O–H groups in total. The molecule has 0 spiro atoms. The van der Waals surface area contributed by atoms with Crippen LogP contribution in [0.2, 0.25) is 0 Å². The molecule has 21 heavy (non-hydrogen) atoms. The van der Waals surface area contributed by atoms with Crippen molar-refractivity contribution in [3.05, 3.63) is 24.0 Å². The summed E-state index contributed by atoms with van der Waals surface area (Å²) in [5.41, 5.74) is 0.666. The number of hydrogen-bond donors (Lipinski definition) is 2. The number of pyridine rings is 1. The van der Waals surface area contributed by atoms with Gasteiger partial charge in [-0.25, -0.2) is 0 Å². The minimum atomic E-state index is -0.385. The molecule has 1 aliphatic heterocycles. The predicted octanol–water partition coefficient (Wildman–Crippen LogP) is 1.13. The van der Waals surface area contributed by atoms with Crippen LogP contribution in [0.1, 0.15) is 19.4 Å². The molecule has 2 aliphatic rings. The molecule has 5 heteroatoms. The topological polar surface area (TPSA) is 63.2 Å². The quantitative estimate of drug-likeness (QED) is 0.853. The maximum Gasteiger partial charge on any atom is 0.224 e. The first kappa shape index (κ1) is 14.3. The zero-order valence-electron chi connectivity index (χ0n) is 12.8.